The Balaban J connectivity index is 2.23. The van der Waals surface area contributed by atoms with Crippen LogP contribution in [0.3, 0.4) is 0 Å². The quantitative estimate of drug-likeness (QED) is 0.679. The van der Waals surface area contributed by atoms with Crippen molar-refractivity contribution in [3.8, 4) is 11.5 Å². The molecule has 0 N–H and O–H groups in total. The second-order valence-corrected chi connectivity index (χ2v) is 5.76. The van der Waals surface area contributed by atoms with Gasteiger partial charge in [-0.1, -0.05) is 12.2 Å². The lowest BCUT2D eigenvalue weighted by atomic mass is 10.1. The van der Waals surface area contributed by atoms with E-state index in [4.69, 9.17) is 9.47 Å². The number of methoxy groups -OCH3 is 2. The molecule has 1 atom stereocenters. The van der Waals surface area contributed by atoms with Crippen molar-refractivity contribution in [2.75, 3.05) is 38.8 Å². The van der Waals surface area contributed by atoms with E-state index in [0.29, 0.717) is 36.8 Å². The highest BCUT2D eigenvalue weighted by Gasteiger charge is 2.38. The molecule has 1 heterocycles. The van der Waals surface area contributed by atoms with E-state index in [9.17, 15) is 9.59 Å². The van der Waals surface area contributed by atoms with Gasteiger partial charge in [0, 0.05) is 32.1 Å². The molecule has 0 spiro atoms. The number of rotatable bonds is 8. The third kappa shape index (κ3) is 4.02. The Labute approximate surface area is 148 Å². The molecule has 25 heavy (non-hydrogen) atoms. The molecule has 6 nitrogen and oxygen atoms in total. The first-order valence-corrected chi connectivity index (χ1v) is 8.08. The van der Waals surface area contributed by atoms with E-state index >= 15 is 0 Å². The van der Waals surface area contributed by atoms with Gasteiger partial charge in [-0.05, 0) is 12.1 Å². The molecule has 0 saturated carbocycles. The lowest BCUT2D eigenvalue weighted by Crippen LogP contribution is -2.37. The summed E-state index contributed by atoms with van der Waals surface area (Å²) in [5.41, 5.74) is 0.612. The first-order chi connectivity index (χ1) is 12.0. The third-order valence-corrected chi connectivity index (χ3v) is 4.16. The SMILES string of the molecule is C=CCN(CC=C)C(=O)C1CC(=O)N(c2cc(OC)ccc2OC)C1. The minimum atomic E-state index is -0.400. The predicted octanol–water partition coefficient (Wildman–Crippen LogP) is 2.26. The lowest BCUT2D eigenvalue weighted by Gasteiger charge is -2.24. The Kier molecular flexibility index (Phi) is 6.22. The van der Waals surface area contributed by atoms with Crippen molar-refractivity contribution in [1.82, 2.24) is 4.90 Å². The van der Waals surface area contributed by atoms with Crippen molar-refractivity contribution in [1.29, 1.82) is 0 Å². The van der Waals surface area contributed by atoms with Gasteiger partial charge in [-0.3, -0.25) is 9.59 Å². The van der Waals surface area contributed by atoms with E-state index in [-0.39, 0.29) is 18.2 Å². The topological polar surface area (TPSA) is 59.1 Å². The number of carbonyl (C=O) groups excluding carboxylic acids is 2. The van der Waals surface area contributed by atoms with Crippen LogP contribution in [-0.2, 0) is 9.59 Å². The molecule has 134 valence electrons. The average Bonchev–Trinajstić information content (AvgIpc) is 3.01. The van der Waals surface area contributed by atoms with Crippen LogP contribution in [0.15, 0.2) is 43.5 Å². The number of nitrogens with zero attached hydrogens (tertiary/aromatic N) is 2. The summed E-state index contributed by atoms with van der Waals surface area (Å²) in [5, 5.41) is 0. The molecular weight excluding hydrogens is 320 g/mol. The van der Waals surface area contributed by atoms with Crippen molar-refractivity contribution in [3.63, 3.8) is 0 Å². The Morgan fingerprint density at radius 1 is 1.28 bits per heavy atom. The van der Waals surface area contributed by atoms with Crippen molar-refractivity contribution >= 4 is 17.5 Å². The lowest BCUT2D eigenvalue weighted by molar-refractivity contribution is -0.134. The van der Waals surface area contributed by atoms with Gasteiger partial charge in [0.25, 0.3) is 0 Å². The maximum absolute atomic E-state index is 12.7. The fraction of sp³-hybridized carbons (Fsp3) is 0.368. The molecule has 0 aliphatic carbocycles. The van der Waals surface area contributed by atoms with Gasteiger partial charge >= 0.3 is 0 Å². The molecule has 0 radical (unpaired) electrons. The van der Waals surface area contributed by atoms with Crippen LogP contribution in [0.5, 0.6) is 11.5 Å². The molecular formula is C19H24N2O4. The van der Waals surface area contributed by atoms with Gasteiger partial charge in [0.2, 0.25) is 11.8 Å². The summed E-state index contributed by atoms with van der Waals surface area (Å²) in [6.07, 6.45) is 3.51. The highest BCUT2D eigenvalue weighted by atomic mass is 16.5. The zero-order valence-corrected chi connectivity index (χ0v) is 14.7. The molecule has 1 aromatic carbocycles. The highest BCUT2D eigenvalue weighted by Crippen LogP contribution is 2.36. The van der Waals surface area contributed by atoms with Gasteiger partial charge in [0.1, 0.15) is 11.5 Å². The van der Waals surface area contributed by atoms with Crippen molar-refractivity contribution in [2.24, 2.45) is 5.92 Å². The van der Waals surface area contributed by atoms with E-state index in [2.05, 4.69) is 13.2 Å². The summed E-state index contributed by atoms with van der Waals surface area (Å²) in [7, 11) is 3.11. The van der Waals surface area contributed by atoms with Crippen LogP contribution in [0.2, 0.25) is 0 Å². The maximum atomic E-state index is 12.7. The van der Waals surface area contributed by atoms with Crippen LogP contribution < -0.4 is 14.4 Å². The van der Waals surface area contributed by atoms with Crippen molar-refractivity contribution < 1.29 is 19.1 Å². The predicted molar refractivity (Wildman–Crippen MR) is 97.0 cm³/mol. The Morgan fingerprint density at radius 2 is 1.96 bits per heavy atom. The summed E-state index contributed by atoms with van der Waals surface area (Å²) in [4.78, 5) is 28.5. The number of benzene rings is 1. The first-order valence-electron chi connectivity index (χ1n) is 8.08. The monoisotopic (exact) mass is 344 g/mol. The van der Waals surface area contributed by atoms with Gasteiger partial charge in [0.05, 0.1) is 25.8 Å². The normalized spacial score (nSPS) is 16.5. The van der Waals surface area contributed by atoms with Crippen molar-refractivity contribution in [3.05, 3.63) is 43.5 Å². The summed E-state index contributed by atoms with van der Waals surface area (Å²) < 4.78 is 10.6. The number of amides is 2. The number of ether oxygens (including phenoxy) is 2. The zero-order chi connectivity index (χ0) is 18.4. The molecule has 1 fully saturated rings. The number of carbonyl (C=O) groups is 2. The standard InChI is InChI=1S/C19H24N2O4/c1-5-9-20(10-6-2)19(23)14-11-18(22)21(13-14)16-12-15(24-3)7-8-17(16)25-4/h5-8,12,14H,1-2,9-11,13H2,3-4H3. The van der Waals surface area contributed by atoms with Crippen LogP contribution in [0.25, 0.3) is 0 Å². The number of hydrogen-bond acceptors (Lipinski definition) is 4. The van der Waals surface area contributed by atoms with Gasteiger partial charge in [-0.2, -0.15) is 0 Å². The van der Waals surface area contributed by atoms with E-state index < -0.39 is 5.92 Å². The highest BCUT2D eigenvalue weighted by molar-refractivity contribution is 6.01. The van der Waals surface area contributed by atoms with Gasteiger partial charge < -0.3 is 19.3 Å². The fourth-order valence-electron chi connectivity index (χ4n) is 2.94. The zero-order valence-electron chi connectivity index (χ0n) is 14.7. The van der Waals surface area contributed by atoms with Crippen LogP contribution in [0.1, 0.15) is 6.42 Å². The maximum Gasteiger partial charge on any atom is 0.228 e. The average molecular weight is 344 g/mol. The van der Waals surface area contributed by atoms with Crippen LogP contribution in [0.4, 0.5) is 5.69 Å². The fourth-order valence-corrected chi connectivity index (χ4v) is 2.94. The number of hydrogen-bond donors (Lipinski definition) is 0. The molecule has 1 aromatic rings. The molecule has 1 unspecified atom stereocenters. The smallest absolute Gasteiger partial charge is 0.228 e. The first kappa shape index (κ1) is 18.6. The Hall–Kier alpha value is -2.76. The molecule has 6 heteroatoms. The minimum Gasteiger partial charge on any atom is -0.497 e. The van der Waals surface area contributed by atoms with E-state index in [1.807, 2.05) is 0 Å². The summed E-state index contributed by atoms with van der Waals surface area (Å²) in [5.74, 6) is 0.609. The van der Waals surface area contributed by atoms with E-state index in [1.165, 1.54) is 0 Å². The van der Waals surface area contributed by atoms with Gasteiger partial charge in [0.15, 0.2) is 0 Å². The van der Waals surface area contributed by atoms with Crippen LogP contribution in [-0.4, -0.2) is 50.6 Å². The van der Waals surface area contributed by atoms with Crippen LogP contribution >= 0.6 is 0 Å². The Morgan fingerprint density at radius 3 is 2.52 bits per heavy atom. The minimum absolute atomic E-state index is 0.0717. The molecule has 2 amide bonds. The van der Waals surface area contributed by atoms with Crippen LogP contribution in [0, 0.1) is 5.92 Å². The summed E-state index contributed by atoms with van der Waals surface area (Å²) in [6.45, 7) is 8.52. The van der Waals surface area contributed by atoms with E-state index in [1.54, 1.807) is 54.4 Å². The van der Waals surface area contributed by atoms with Gasteiger partial charge in [-0.25, -0.2) is 0 Å². The molecule has 0 bridgehead atoms. The largest absolute Gasteiger partial charge is 0.497 e. The number of anilines is 1. The third-order valence-electron chi connectivity index (χ3n) is 4.16. The van der Waals surface area contributed by atoms with Gasteiger partial charge in [-0.15, -0.1) is 13.2 Å². The summed E-state index contributed by atoms with van der Waals surface area (Å²) in [6, 6.07) is 5.26. The second-order valence-electron chi connectivity index (χ2n) is 5.76. The molecule has 1 aliphatic heterocycles. The molecule has 1 saturated heterocycles. The second kappa shape index (κ2) is 8.37. The molecule has 0 aromatic heterocycles. The molecule has 1 aliphatic rings. The van der Waals surface area contributed by atoms with E-state index in [0.717, 1.165) is 0 Å². The Bertz CT molecular complexity index is 661. The van der Waals surface area contributed by atoms with Crippen molar-refractivity contribution in [2.45, 2.75) is 6.42 Å². The molecule has 2 rings (SSSR count). The summed E-state index contributed by atoms with van der Waals surface area (Å²) >= 11 is 0.